The fourth-order valence-corrected chi connectivity index (χ4v) is 4.21. The summed E-state index contributed by atoms with van der Waals surface area (Å²) in [5, 5.41) is 15.3. The summed E-state index contributed by atoms with van der Waals surface area (Å²) in [6, 6.07) is 7.60. The number of hydrogen-bond acceptors (Lipinski definition) is 5. The van der Waals surface area contributed by atoms with E-state index in [9.17, 15) is 9.59 Å². The van der Waals surface area contributed by atoms with Gasteiger partial charge in [-0.05, 0) is 30.5 Å². The number of amides is 2. The van der Waals surface area contributed by atoms with Gasteiger partial charge < -0.3 is 15.2 Å². The summed E-state index contributed by atoms with van der Waals surface area (Å²) in [6.07, 6.45) is 8.86. The summed E-state index contributed by atoms with van der Waals surface area (Å²) in [5.74, 6) is 0.688. The molecule has 0 saturated heterocycles. The van der Waals surface area contributed by atoms with Crippen LogP contribution in [0.4, 0.5) is 0 Å². The lowest BCUT2D eigenvalue weighted by Gasteiger charge is -2.22. The van der Waals surface area contributed by atoms with Crippen LogP contribution in [0, 0.1) is 0 Å². The second-order valence-electron chi connectivity index (χ2n) is 7.22. The van der Waals surface area contributed by atoms with Crippen molar-refractivity contribution < 1.29 is 9.59 Å². The minimum atomic E-state index is -0.251. The van der Waals surface area contributed by atoms with Crippen LogP contribution in [0.25, 0.3) is 6.08 Å². The normalized spacial score (nSPS) is 14.7. The van der Waals surface area contributed by atoms with Crippen LogP contribution < -0.4 is 10.6 Å². The summed E-state index contributed by atoms with van der Waals surface area (Å²) < 4.78 is 1.79. The first-order valence-electron chi connectivity index (χ1n) is 10.0. The highest BCUT2D eigenvalue weighted by Gasteiger charge is 2.17. The van der Waals surface area contributed by atoms with Crippen LogP contribution in [0.15, 0.2) is 35.5 Å². The second-order valence-corrected chi connectivity index (χ2v) is 8.57. The van der Waals surface area contributed by atoms with Gasteiger partial charge in [0.05, 0.1) is 12.3 Å². The molecule has 0 bridgehead atoms. The molecule has 3 rings (SSSR count). The van der Waals surface area contributed by atoms with Gasteiger partial charge in [-0.15, -0.1) is 10.2 Å². The van der Waals surface area contributed by atoms with E-state index in [1.165, 1.54) is 37.1 Å². The molecule has 160 valence electrons. The molecule has 0 radical (unpaired) electrons. The Bertz CT molecular complexity index is 909. The van der Waals surface area contributed by atoms with Crippen LogP contribution in [0.5, 0.6) is 0 Å². The molecule has 30 heavy (non-hydrogen) atoms. The van der Waals surface area contributed by atoms with E-state index in [0.717, 1.165) is 18.4 Å². The lowest BCUT2D eigenvalue weighted by atomic mass is 9.95. The summed E-state index contributed by atoms with van der Waals surface area (Å²) >= 11 is 7.42. The monoisotopic (exact) mass is 447 g/mol. The summed E-state index contributed by atoms with van der Waals surface area (Å²) in [7, 11) is 1.82. The fraction of sp³-hybridized carbons (Fsp3) is 0.429. The van der Waals surface area contributed by atoms with E-state index in [0.29, 0.717) is 27.8 Å². The number of aromatic nitrogens is 3. The topological polar surface area (TPSA) is 88.9 Å². The molecule has 9 heteroatoms. The van der Waals surface area contributed by atoms with E-state index in [1.54, 1.807) is 16.7 Å². The average molecular weight is 448 g/mol. The molecule has 1 heterocycles. The molecule has 2 amide bonds. The molecule has 1 aromatic carbocycles. The molecule has 0 unspecified atom stereocenters. The van der Waals surface area contributed by atoms with Gasteiger partial charge in [0.15, 0.2) is 11.0 Å². The molecule has 1 fully saturated rings. The molecule has 0 spiro atoms. The number of benzene rings is 1. The van der Waals surface area contributed by atoms with Gasteiger partial charge in [-0.2, -0.15) is 0 Å². The van der Waals surface area contributed by atoms with Crippen molar-refractivity contribution in [2.24, 2.45) is 7.05 Å². The predicted molar refractivity (Wildman–Crippen MR) is 119 cm³/mol. The fourth-order valence-electron chi connectivity index (χ4n) is 3.27. The first kappa shape index (κ1) is 22.4. The van der Waals surface area contributed by atoms with Crippen LogP contribution in [0.2, 0.25) is 5.02 Å². The van der Waals surface area contributed by atoms with E-state index in [-0.39, 0.29) is 18.4 Å². The highest BCUT2D eigenvalue weighted by atomic mass is 35.5. The van der Waals surface area contributed by atoms with Gasteiger partial charge in [-0.1, -0.05) is 60.8 Å². The van der Waals surface area contributed by atoms with Crippen LogP contribution in [-0.4, -0.2) is 38.4 Å². The van der Waals surface area contributed by atoms with Crippen molar-refractivity contribution in [3.63, 3.8) is 0 Å². The summed E-state index contributed by atoms with van der Waals surface area (Å²) in [6.45, 7) is 0.240. The number of carbonyl (C=O) groups is 2. The minimum Gasteiger partial charge on any atom is -0.353 e. The molecule has 0 atom stereocenters. The Morgan fingerprint density at radius 1 is 1.23 bits per heavy atom. The molecule has 2 N–H and O–H groups in total. The van der Waals surface area contributed by atoms with Crippen LogP contribution in [-0.2, 0) is 23.2 Å². The number of nitrogens with zero attached hydrogens (tertiary/aromatic N) is 3. The number of hydrogen-bond donors (Lipinski definition) is 2. The Hall–Kier alpha value is -2.32. The highest BCUT2D eigenvalue weighted by molar-refractivity contribution is 7.99. The Kier molecular flexibility index (Phi) is 8.33. The van der Waals surface area contributed by atoms with Crippen molar-refractivity contribution in [2.75, 3.05) is 5.75 Å². The Morgan fingerprint density at radius 3 is 2.77 bits per heavy atom. The first-order valence-corrected chi connectivity index (χ1v) is 11.4. The lowest BCUT2D eigenvalue weighted by Crippen LogP contribution is -2.37. The molecule has 7 nitrogen and oxygen atoms in total. The maximum absolute atomic E-state index is 12.2. The zero-order valence-corrected chi connectivity index (χ0v) is 18.5. The lowest BCUT2D eigenvalue weighted by molar-refractivity contribution is -0.119. The average Bonchev–Trinajstić information content (AvgIpc) is 3.10. The maximum Gasteiger partial charge on any atom is 0.244 e. The number of rotatable bonds is 8. The molecule has 2 aromatic rings. The quantitative estimate of drug-likeness (QED) is 0.478. The van der Waals surface area contributed by atoms with Crippen molar-refractivity contribution in [2.45, 2.75) is 49.8 Å². The van der Waals surface area contributed by atoms with Crippen LogP contribution >= 0.6 is 23.4 Å². The third-order valence-electron chi connectivity index (χ3n) is 4.97. The van der Waals surface area contributed by atoms with Crippen molar-refractivity contribution in [3.05, 3.63) is 46.8 Å². The molecular weight excluding hydrogens is 422 g/mol. The van der Waals surface area contributed by atoms with Crippen molar-refractivity contribution in [1.29, 1.82) is 0 Å². The third-order valence-corrected chi connectivity index (χ3v) is 6.33. The summed E-state index contributed by atoms with van der Waals surface area (Å²) in [5.41, 5.74) is 0.776. The molecular formula is C21H26ClN5O2S. The molecule has 1 aliphatic carbocycles. The highest BCUT2D eigenvalue weighted by Crippen LogP contribution is 2.19. The number of thioether (sulfide) groups is 1. The molecule has 1 aromatic heterocycles. The van der Waals surface area contributed by atoms with Gasteiger partial charge in [-0.25, -0.2) is 0 Å². The third kappa shape index (κ3) is 6.60. The Labute approximate surface area is 185 Å². The van der Waals surface area contributed by atoms with Crippen LogP contribution in [0.3, 0.4) is 0 Å². The first-order chi connectivity index (χ1) is 14.5. The Morgan fingerprint density at radius 2 is 2.00 bits per heavy atom. The van der Waals surface area contributed by atoms with Gasteiger partial charge in [0.2, 0.25) is 11.8 Å². The van der Waals surface area contributed by atoms with Gasteiger partial charge in [0.1, 0.15) is 0 Å². The van der Waals surface area contributed by atoms with Gasteiger partial charge in [-0.3, -0.25) is 9.59 Å². The van der Waals surface area contributed by atoms with Crippen LogP contribution in [0.1, 0.15) is 43.5 Å². The summed E-state index contributed by atoms with van der Waals surface area (Å²) in [4.78, 5) is 24.2. The van der Waals surface area contributed by atoms with Crippen molar-refractivity contribution in [3.8, 4) is 0 Å². The van der Waals surface area contributed by atoms with E-state index < -0.39 is 0 Å². The van der Waals surface area contributed by atoms with E-state index >= 15 is 0 Å². The predicted octanol–water partition coefficient (Wildman–Crippen LogP) is 3.34. The second kappa shape index (κ2) is 11.2. The number of halogens is 1. The van der Waals surface area contributed by atoms with Gasteiger partial charge >= 0.3 is 0 Å². The van der Waals surface area contributed by atoms with E-state index in [4.69, 9.17) is 11.6 Å². The largest absolute Gasteiger partial charge is 0.353 e. The maximum atomic E-state index is 12.2. The molecule has 1 saturated carbocycles. The number of nitrogens with one attached hydrogen (secondary N) is 2. The zero-order valence-electron chi connectivity index (χ0n) is 16.9. The SMILES string of the molecule is Cn1c(CNC(=O)C=Cc2ccccc2Cl)nnc1SCC(=O)NC1CCCCC1. The molecule has 1 aliphatic rings. The van der Waals surface area contributed by atoms with E-state index in [1.807, 2.05) is 25.2 Å². The van der Waals surface area contributed by atoms with Crippen molar-refractivity contribution in [1.82, 2.24) is 25.4 Å². The minimum absolute atomic E-state index is 0.0227. The van der Waals surface area contributed by atoms with Crippen molar-refractivity contribution >= 4 is 41.3 Å². The van der Waals surface area contributed by atoms with E-state index in [2.05, 4.69) is 20.8 Å². The smallest absolute Gasteiger partial charge is 0.244 e. The standard InChI is InChI=1S/C21H26ClN5O2S/c1-27-18(13-23-19(28)12-11-15-7-5-6-10-17(15)22)25-26-21(27)30-14-20(29)24-16-8-3-2-4-9-16/h5-7,10-12,16H,2-4,8-9,13-14H2,1H3,(H,23,28)(H,24,29). The number of carbonyl (C=O) groups excluding carboxylic acids is 2. The zero-order chi connectivity index (χ0) is 21.3. The molecule has 0 aliphatic heterocycles. The van der Waals surface area contributed by atoms with Gasteiger partial charge in [0.25, 0.3) is 0 Å². The van der Waals surface area contributed by atoms with Gasteiger partial charge in [0, 0.05) is 24.2 Å². The Balaban J connectivity index is 1.44.